The average Bonchev–Trinajstić information content (AvgIpc) is 3.21. The summed E-state index contributed by atoms with van der Waals surface area (Å²) in [4.78, 5) is 27.7. The van der Waals surface area contributed by atoms with Gasteiger partial charge in [-0.25, -0.2) is 9.78 Å². The summed E-state index contributed by atoms with van der Waals surface area (Å²) < 4.78 is 6.70. The van der Waals surface area contributed by atoms with Gasteiger partial charge < -0.3 is 20.2 Å². The lowest BCUT2D eigenvalue weighted by molar-refractivity contribution is 0.0927. The lowest BCUT2D eigenvalue weighted by Crippen LogP contribution is -2.30. The summed E-state index contributed by atoms with van der Waals surface area (Å²) in [6.45, 7) is 0.269. The maximum absolute atomic E-state index is 12.7. The number of carboxylic acid groups (broad SMARTS) is 1. The molecule has 0 aliphatic heterocycles. The fourth-order valence-corrected chi connectivity index (χ4v) is 3.21. The van der Waals surface area contributed by atoms with Gasteiger partial charge in [-0.2, -0.15) is 0 Å². The molecule has 0 radical (unpaired) electrons. The predicted octanol–water partition coefficient (Wildman–Crippen LogP) is 4.62. The van der Waals surface area contributed by atoms with Crippen LogP contribution in [0.25, 0.3) is 11.3 Å². The van der Waals surface area contributed by atoms with Crippen molar-refractivity contribution in [3.63, 3.8) is 0 Å². The van der Waals surface area contributed by atoms with Crippen LogP contribution in [-0.4, -0.2) is 28.6 Å². The number of benzene rings is 2. The quantitative estimate of drug-likeness (QED) is 0.428. The van der Waals surface area contributed by atoms with E-state index in [1.165, 1.54) is 0 Å². The molecule has 0 saturated carbocycles. The Morgan fingerprint density at radius 1 is 1.14 bits per heavy atom. The molecule has 3 rings (SSSR count). The van der Waals surface area contributed by atoms with Crippen molar-refractivity contribution in [1.82, 2.24) is 15.6 Å². The van der Waals surface area contributed by atoms with Crippen molar-refractivity contribution in [1.29, 1.82) is 0 Å². The highest BCUT2D eigenvalue weighted by Gasteiger charge is 2.21. The molecule has 0 fully saturated rings. The van der Waals surface area contributed by atoms with Gasteiger partial charge in [0.15, 0.2) is 5.76 Å². The van der Waals surface area contributed by atoms with Crippen LogP contribution < -0.4 is 10.6 Å². The number of halogens is 1. The Kier molecular flexibility index (Phi) is 7.02. The summed E-state index contributed by atoms with van der Waals surface area (Å²) in [5.41, 5.74) is 1.39. The number of hydrogen-bond donors (Lipinski definition) is 3. The third kappa shape index (κ3) is 5.92. The highest BCUT2D eigenvalue weighted by Crippen LogP contribution is 2.25. The first-order chi connectivity index (χ1) is 14.0. The second-order valence-corrected chi connectivity index (χ2v) is 7.26. The molecule has 29 heavy (non-hydrogen) atoms. The van der Waals surface area contributed by atoms with Gasteiger partial charge >= 0.3 is 6.09 Å². The normalized spacial score (nSPS) is 11.6. The second kappa shape index (κ2) is 9.88. The van der Waals surface area contributed by atoms with Gasteiger partial charge in [-0.05, 0) is 31.0 Å². The number of nitrogens with zero attached hydrogens (tertiary/aromatic N) is 1. The Bertz CT molecular complexity index is 975. The number of carbonyl (C=O) groups excluding carboxylic acids is 1. The van der Waals surface area contributed by atoms with Crippen molar-refractivity contribution < 1.29 is 19.1 Å². The smallest absolute Gasteiger partial charge is 0.404 e. The van der Waals surface area contributed by atoms with Crippen molar-refractivity contribution in [2.45, 2.75) is 18.9 Å². The zero-order valence-corrected chi connectivity index (χ0v) is 17.1. The monoisotopic (exact) mass is 457 g/mol. The summed E-state index contributed by atoms with van der Waals surface area (Å²) in [7, 11) is 0. The highest BCUT2D eigenvalue weighted by atomic mass is 79.9. The molecule has 7 nitrogen and oxygen atoms in total. The van der Waals surface area contributed by atoms with Gasteiger partial charge in [0, 0.05) is 22.1 Å². The topological polar surface area (TPSA) is 104 Å². The Labute approximate surface area is 176 Å². The average molecular weight is 458 g/mol. The van der Waals surface area contributed by atoms with E-state index in [0.717, 1.165) is 10.0 Å². The Morgan fingerprint density at radius 2 is 1.93 bits per heavy atom. The Morgan fingerprint density at radius 3 is 2.66 bits per heavy atom. The molecule has 0 saturated heterocycles. The maximum atomic E-state index is 12.7. The number of oxazole rings is 1. The van der Waals surface area contributed by atoms with Gasteiger partial charge in [0.1, 0.15) is 6.04 Å². The van der Waals surface area contributed by atoms with Crippen LogP contribution in [0.1, 0.15) is 35.1 Å². The second-order valence-electron chi connectivity index (χ2n) is 6.34. The van der Waals surface area contributed by atoms with E-state index in [1.54, 1.807) is 24.4 Å². The van der Waals surface area contributed by atoms with Crippen molar-refractivity contribution in [2.75, 3.05) is 6.54 Å². The molecule has 150 valence electrons. The van der Waals surface area contributed by atoms with Crippen LogP contribution in [-0.2, 0) is 0 Å². The molecule has 0 aliphatic rings. The van der Waals surface area contributed by atoms with E-state index in [2.05, 4.69) is 31.5 Å². The first-order valence-electron chi connectivity index (χ1n) is 9.07. The number of nitrogens with one attached hydrogen (secondary N) is 2. The molecular formula is C21H20BrN3O4. The molecule has 0 aliphatic carbocycles. The third-order valence-corrected chi connectivity index (χ3v) is 4.71. The number of aromatic nitrogens is 1. The third-order valence-electron chi connectivity index (χ3n) is 4.22. The Hall–Kier alpha value is -3.13. The fourth-order valence-electron chi connectivity index (χ4n) is 2.81. The molecule has 1 atom stereocenters. The summed E-state index contributed by atoms with van der Waals surface area (Å²) in [6.07, 6.45) is 1.52. The molecular weight excluding hydrogens is 438 g/mol. The minimum absolute atomic E-state index is 0.262. The number of carbonyl (C=O) groups is 2. The van der Waals surface area contributed by atoms with Crippen LogP contribution in [0.3, 0.4) is 0 Å². The molecule has 0 spiro atoms. The van der Waals surface area contributed by atoms with Gasteiger partial charge in [0.05, 0.1) is 6.20 Å². The lowest BCUT2D eigenvalue weighted by atomic mass is 10.1. The Balaban J connectivity index is 1.76. The van der Waals surface area contributed by atoms with Gasteiger partial charge in [-0.1, -0.05) is 52.3 Å². The molecule has 1 aromatic heterocycles. The van der Waals surface area contributed by atoms with E-state index in [0.29, 0.717) is 30.1 Å². The van der Waals surface area contributed by atoms with Crippen LogP contribution in [0.4, 0.5) is 4.79 Å². The summed E-state index contributed by atoms with van der Waals surface area (Å²) >= 11 is 3.36. The maximum Gasteiger partial charge on any atom is 0.404 e. The lowest BCUT2D eigenvalue weighted by Gasteiger charge is -2.16. The van der Waals surface area contributed by atoms with Crippen molar-refractivity contribution in [3.05, 3.63) is 76.7 Å². The van der Waals surface area contributed by atoms with E-state index in [1.807, 2.05) is 36.4 Å². The largest absolute Gasteiger partial charge is 0.465 e. The van der Waals surface area contributed by atoms with E-state index < -0.39 is 12.1 Å². The highest BCUT2D eigenvalue weighted by molar-refractivity contribution is 9.10. The van der Waals surface area contributed by atoms with Gasteiger partial charge in [-0.3, -0.25) is 4.79 Å². The first-order valence-corrected chi connectivity index (χ1v) is 9.86. The van der Waals surface area contributed by atoms with Gasteiger partial charge in [0.25, 0.3) is 5.91 Å². The van der Waals surface area contributed by atoms with Crippen LogP contribution >= 0.6 is 15.9 Å². The van der Waals surface area contributed by atoms with Crippen molar-refractivity contribution in [2.24, 2.45) is 0 Å². The van der Waals surface area contributed by atoms with Crippen molar-refractivity contribution in [3.8, 4) is 11.3 Å². The SMILES string of the molecule is O=C(O)NCCCC(NC(=O)c1cccc(Br)c1)c1ncc(-c2ccccc2)o1. The van der Waals surface area contributed by atoms with Crippen LogP contribution in [0.15, 0.2) is 69.7 Å². The number of hydrogen-bond acceptors (Lipinski definition) is 4. The molecule has 0 bridgehead atoms. The van der Waals surface area contributed by atoms with E-state index in [9.17, 15) is 9.59 Å². The molecule has 2 amide bonds. The molecule has 1 heterocycles. The minimum Gasteiger partial charge on any atom is -0.465 e. The van der Waals surface area contributed by atoms with Crippen LogP contribution in [0.2, 0.25) is 0 Å². The minimum atomic E-state index is -1.08. The zero-order chi connectivity index (χ0) is 20.6. The van der Waals surface area contributed by atoms with Gasteiger partial charge in [0.2, 0.25) is 5.89 Å². The summed E-state index contributed by atoms with van der Waals surface area (Å²) in [5, 5.41) is 14.0. The number of amides is 2. The fraction of sp³-hybridized carbons (Fsp3) is 0.190. The molecule has 2 aromatic carbocycles. The molecule has 3 aromatic rings. The van der Waals surface area contributed by atoms with Gasteiger partial charge in [-0.15, -0.1) is 0 Å². The summed E-state index contributed by atoms with van der Waals surface area (Å²) in [5.74, 6) is 0.718. The first kappa shape index (κ1) is 20.6. The molecule has 8 heteroatoms. The summed E-state index contributed by atoms with van der Waals surface area (Å²) in [6, 6.07) is 16.1. The van der Waals surface area contributed by atoms with Crippen molar-refractivity contribution >= 4 is 27.9 Å². The number of rotatable bonds is 8. The predicted molar refractivity (Wildman–Crippen MR) is 112 cm³/mol. The molecule has 1 unspecified atom stereocenters. The van der Waals surface area contributed by atoms with E-state index in [4.69, 9.17) is 9.52 Å². The molecule has 3 N–H and O–H groups in total. The van der Waals surface area contributed by atoms with E-state index >= 15 is 0 Å². The standard InChI is InChI=1S/C21H20BrN3O4/c22-16-9-4-8-15(12-16)19(26)25-17(10-5-11-23-21(27)28)20-24-13-18(29-20)14-6-2-1-3-7-14/h1-4,6-9,12-13,17,23H,5,10-11H2,(H,25,26)(H,27,28). The van der Waals surface area contributed by atoms with Crippen LogP contribution in [0, 0.1) is 0 Å². The van der Waals surface area contributed by atoms with Crippen LogP contribution in [0.5, 0.6) is 0 Å². The zero-order valence-electron chi connectivity index (χ0n) is 15.5. The van der Waals surface area contributed by atoms with E-state index in [-0.39, 0.29) is 12.5 Å².